The van der Waals surface area contributed by atoms with Crippen molar-refractivity contribution in [2.45, 2.75) is 45.7 Å². The Kier molecular flexibility index (Phi) is 7.40. The molecule has 20 heavy (non-hydrogen) atoms. The standard InChI is InChI=1S/C15H26N4.HI/c1-4-6-13-9-14(13)18-15(16-5-2)17-10-12-7-8-19(3)11-12;/h7-8,11,13-14H,4-6,9-10H2,1-3H3,(H2,16,17,18);1H. The van der Waals surface area contributed by atoms with E-state index in [1.165, 1.54) is 24.8 Å². The molecule has 2 N–H and O–H groups in total. The molecule has 0 radical (unpaired) electrons. The summed E-state index contributed by atoms with van der Waals surface area (Å²) in [6.07, 6.45) is 8.08. The van der Waals surface area contributed by atoms with Crippen LogP contribution in [0, 0.1) is 5.92 Å². The van der Waals surface area contributed by atoms with Crippen LogP contribution in [0.3, 0.4) is 0 Å². The van der Waals surface area contributed by atoms with Crippen LogP contribution < -0.4 is 10.6 Å². The summed E-state index contributed by atoms with van der Waals surface area (Å²) in [5, 5.41) is 6.86. The maximum atomic E-state index is 4.65. The van der Waals surface area contributed by atoms with E-state index in [9.17, 15) is 0 Å². The van der Waals surface area contributed by atoms with Gasteiger partial charge in [-0.2, -0.15) is 0 Å². The fourth-order valence-electron chi connectivity index (χ4n) is 2.43. The molecule has 1 aliphatic rings. The van der Waals surface area contributed by atoms with Crippen LogP contribution in [0.5, 0.6) is 0 Å². The Morgan fingerprint density at radius 2 is 2.25 bits per heavy atom. The molecule has 0 aliphatic heterocycles. The number of nitrogens with one attached hydrogen (secondary N) is 2. The monoisotopic (exact) mass is 390 g/mol. The summed E-state index contributed by atoms with van der Waals surface area (Å²) in [4.78, 5) is 4.65. The number of aryl methyl sites for hydroxylation is 1. The molecule has 0 amide bonds. The van der Waals surface area contributed by atoms with E-state index in [2.05, 4.69) is 52.5 Å². The van der Waals surface area contributed by atoms with E-state index in [0.717, 1.165) is 25.0 Å². The third kappa shape index (κ3) is 5.34. The van der Waals surface area contributed by atoms with Crippen molar-refractivity contribution >= 4 is 29.9 Å². The fraction of sp³-hybridized carbons (Fsp3) is 0.667. The average Bonchev–Trinajstić information content (AvgIpc) is 2.96. The largest absolute Gasteiger partial charge is 0.357 e. The minimum absolute atomic E-state index is 0. The summed E-state index contributed by atoms with van der Waals surface area (Å²) in [6, 6.07) is 2.75. The highest BCUT2D eigenvalue weighted by atomic mass is 127. The number of aliphatic imine (C=N–C) groups is 1. The van der Waals surface area contributed by atoms with Crippen LogP contribution in [0.15, 0.2) is 23.5 Å². The lowest BCUT2D eigenvalue weighted by molar-refractivity contribution is 0.655. The highest BCUT2D eigenvalue weighted by Gasteiger charge is 2.36. The molecule has 1 heterocycles. The first-order valence-electron chi connectivity index (χ1n) is 7.38. The topological polar surface area (TPSA) is 41.4 Å². The minimum Gasteiger partial charge on any atom is -0.357 e. The molecule has 1 saturated carbocycles. The molecule has 1 aromatic heterocycles. The molecule has 1 fully saturated rings. The van der Waals surface area contributed by atoms with Crippen LogP contribution in [0.25, 0.3) is 0 Å². The summed E-state index contributed by atoms with van der Waals surface area (Å²) in [5.41, 5.74) is 1.25. The Hall–Kier alpha value is -0.720. The van der Waals surface area contributed by atoms with E-state index >= 15 is 0 Å². The van der Waals surface area contributed by atoms with Crippen LogP contribution >= 0.6 is 24.0 Å². The first-order chi connectivity index (χ1) is 9.22. The SMILES string of the molecule is CCCC1CC1NC(=NCc1ccn(C)c1)NCC.I. The van der Waals surface area contributed by atoms with E-state index in [1.54, 1.807) is 0 Å². The Morgan fingerprint density at radius 3 is 2.85 bits per heavy atom. The van der Waals surface area contributed by atoms with E-state index in [1.807, 2.05) is 7.05 Å². The summed E-state index contributed by atoms with van der Waals surface area (Å²) in [6.45, 7) is 6.01. The van der Waals surface area contributed by atoms with Gasteiger partial charge in [-0.05, 0) is 37.3 Å². The van der Waals surface area contributed by atoms with Gasteiger partial charge in [-0.25, -0.2) is 4.99 Å². The van der Waals surface area contributed by atoms with Gasteiger partial charge >= 0.3 is 0 Å². The number of nitrogens with zero attached hydrogens (tertiary/aromatic N) is 2. The lowest BCUT2D eigenvalue weighted by Crippen LogP contribution is -2.39. The van der Waals surface area contributed by atoms with Gasteiger partial charge in [0.15, 0.2) is 5.96 Å². The van der Waals surface area contributed by atoms with E-state index in [-0.39, 0.29) is 24.0 Å². The molecule has 1 aromatic rings. The fourth-order valence-corrected chi connectivity index (χ4v) is 2.43. The first kappa shape index (κ1) is 17.3. The molecule has 1 aliphatic carbocycles. The van der Waals surface area contributed by atoms with Gasteiger partial charge in [0, 0.05) is 32.0 Å². The summed E-state index contributed by atoms with van der Waals surface area (Å²) in [7, 11) is 2.04. The third-order valence-corrected chi connectivity index (χ3v) is 3.56. The number of hydrogen-bond acceptors (Lipinski definition) is 1. The highest BCUT2D eigenvalue weighted by Crippen LogP contribution is 2.34. The molecule has 5 heteroatoms. The van der Waals surface area contributed by atoms with Crippen molar-refractivity contribution < 1.29 is 0 Å². The molecule has 114 valence electrons. The van der Waals surface area contributed by atoms with Crippen LogP contribution in [-0.2, 0) is 13.6 Å². The lowest BCUT2D eigenvalue weighted by atomic mass is 10.2. The third-order valence-electron chi connectivity index (χ3n) is 3.56. The number of hydrogen-bond donors (Lipinski definition) is 2. The molecule has 0 spiro atoms. The maximum absolute atomic E-state index is 4.65. The van der Waals surface area contributed by atoms with Gasteiger partial charge in [-0.1, -0.05) is 13.3 Å². The normalized spacial score (nSPS) is 21.2. The van der Waals surface area contributed by atoms with E-state index < -0.39 is 0 Å². The van der Waals surface area contributed by atoms with Crippen molar-refractivity contribution in [1.82, 2.24) is 15.2 Å². The molecule has 0 saturated heterocycles. The predicted molar refractivity (Wildman–Crippen MR) is 95.6 cm³/mol. The zero-order valence-corrected chi connectivity index (χ0v) is 15.1. The minimum atomic E-state index is 0. The second-order valence-electron chi connectivity index (χ2n) is 5.42. The zero-order chi connectivity index (χ0) is 13.7. The van der Waals surface area contributed by atoms with Gasteiger partial charge in [0.25, 0.3) is 0 Å². The van der Waals surface area contributed by atoms with Crippen molar-refractivity contribution in [2.24, 2.45) is 18.0 Å². The quantitative estimate of drug-likeness (QED) is 0.446. The molecule has 0 bridgehead atoms. The lowest BCUT2D eigenvalue weighted by Gasteiger charge is -2.10. The molecule has 0 aromatic carbocycles. The number of guanidine groups is 1. The van der Waals surface area contributed by atoms with Crippen LogP contribution in [0.2, 0.25) is 0 Å². The average molecular weight is 390 g/mol. The van der Waals surface area contributed by atoms with Crippen molar-refractivity contribution in [3.8, 4) is 0 Å². The van der Waals surface area contributed by atoms with Gasteiger partial charge in [0.05, 0.1) is 6.54 Å². The molecule has 2 unspecified atom stereocenters. The molecule has 2 atom stereocenters. The number of halogens is 1. The highest BCUT2D eigenvalue weighted by molar-refractivity contribution is 14.0. The Morgan fingerprint density at radius 1 is 1.45 bits per heavy atom. The van der Waals surface area contributed by atoms with Crippen molar-refractivity contribution in [1.29, 1.82) is 0 Å². The van der Waals surface area contributed by atoms with E-state index in [4.69, 9.17) is 0 Å². The number of rotatable bonds is 6. The second kappa shape index (κ2) is 8.54. The van der Waals surface area contributed by atoms with Gasteiger partial charge in [0.1, 0.15) is 0 Å². The van der Waals surface area contributed by atoms with Gasteiger partial charge in [-0.15, -0.1) is 24.0 Å². The molecular formula is C15H27IN4. The van der Waals surface area contributed by atoms with Crippen molar-refractivity contribution in [3.05, 3.63) is 24.0 Å². The van der Waals surface area contributed by atoms with Gasteiger partial charge < -0.3 is 15.2 Å². The molecular weight excluding hydrogens is 363 g/mol. The summed E-state index contributed by atoms with van der Waals surface area (Å²) >= 11 is 0. The number of aromatic nitrogens is 1. The van der Waals surface area contributed by atoms with Crippen molar-refractivity contribution in [2.75, 3.05) is 6.54 Å². The molecule has 4 nitrogen and oxygen atoms in total. The summed E-state index contributed by atoms with van der Waals surface area (Å²) in [5.74, 6) is 1.81. The Bertz CT molecular complexity index is 427. The van der Waals surface area contributed by atoms with E-state index in [0.29, 0.717) is 6.04 Å². The van der Waals surface area contributed by atoms with Gasteiger partial charge in [-0.3, -0.25) is 0 Å². The maximum Gasteiger partial charge on any atom is 0.191 e. The van der Waals surface area contributed by atoms with Crippen molar-refractivity contribution in [3.63, 3.8) is 0 Å². The first-order valence-corrected chi connectivity index (χ1v) is 7.38. The van der Waals surface area contributed by atoms with Crippen LogP contribution in [-0.4, -0.2) is 23.1 Å². The second-order valence-corrected chi connectivity index (χ2v) is 5.42. The Labute approximate surface area is 139 Å². The predicted octanol–water partition coefficient (Wildman–Crippen LogP) is 2.89. The van der Waals surface area contributed by atoms with Gasteiger partial charge in [0.2, 0.25) is 0 Å². The molecule has 2 rings (SSSR count). The summed E-state index contributed by atoms with van der Waals surface area (Å²) < 4.78 is 2.06. The zero-order valence-electron chi connectivity index (χ0n) is 12.7. The van der Waals surface area contributed by atoms with Crippen LogP contribution in [0.4, 0.5) is 0 Å². The van der Waals surface area contributed by atoms with Crippen LogP contribution in [0.1, 0.15) is 38.7 Å². The smallest absolute Gasteiger partial charge is 0.191 e. The Balaban J connectivity index is 0.00000200.